The number of hydrogen-bond donors (Lipinski definition) is 1. The first kappa shape index (κ1) is 15.0. The van der Waals surface area contributed by atoms with E-state index < -0.39 is 14.4 Å². The molecule has 0 amide bonds. The van der Waals surface area contributed by atoms with E-state index in [1.807, 2.05) is 6.92 Å². The van der Waals surface area contributed by atoms with Crippen LogP contribution in [0.15, 0.2) is 18.2 Å². The van der Waals surface area contributed by atoms with Crippen molar-refractivity contribution >= 4 is 31.5 Å². The summed E-state index contributed by atoms with van der Waals surface area (Å²) in [6.07, 6.45) is -1.05. The molecule has 2 atom stereocenters. The van der Waals surface area contributed by atoms with Crippen LogP contribution < -0.4 is 0 Å². The van der Waals surface area contributed by atoms with Crippen LogP contribution in [0.4, 0.5) is 0 Å². The molecule has 0 saturated carbocycles. The molecule has 0 heterocycles. The second-order valence-electron chi connectivity index (χ2n) is 5.02. The Kier molecular flexibility index (Phi) is 5.04. The summed E-state index contributed by atoms with van der Waals surface area (Å²) < 4.78 is 5.84. The average molecular weight is 293 g/mol. The Hall–Kier alpha value is -0.0631. The van der Waals surface area contributed by atoms with Crippen molar-refractivity contribution in [3.8, 4) is 0 Å². The van der Waals surface area contributed by atoms with Gasteiger partial charge in [-0.3, -0.25) is 0 Å². The van der Waals surface area contributed by atoms with Crippen molar-refractivity contribution in [3.63, 3.8) is 0 Å². The maximum atomic E-state index is 10.2. The lowest BCUT2D eigenvalue weighted by atomic mass is 10.1. The molecule has 0 aliphatic carbocycles. The fourth-order valence-electron chi connectivity index (χ4n) is 1.62. The molecule has 1 unspecified atom stereocenters. The summed E-state index contributed by atoms with van der Waals surface area (Å²) in [6.45, 7) is 8.08. The van der Waals surface area contributed by atoms with Crippen LogP contribution in [0.25, 0.3) is 0 Å². The van der Waals surface area contributed by atoms with Crippen molar-refractivity contribution in [1.29, 1.82) is 0 Å². The molecule has 0 fully saturated rings. The van der Waals surface area contributed by atoms with Crippen molar-refractivity contribution in [2.24, 2.45) is 0 Å². The van der Waals surface area contributed by atoms with Gasteiger partial charge >= 0.3 is 0 Å². The minimum Gasteiger partial charge on any atom is -0.412 e. The average Bonchev–Trinajstić information content (AvgIpc) is 2.18. The highest BCUT2D eigenvalue weighted by Gasteiger charge is 2.26. The third-order valence-corrected chi connectivity index (χ3v) is 4.20. The molecule has 0 bridgehead atoms. The molecule has 0 aliphatic heterocycles. The molecule has 0 spiro atoms. The Bertz CT molecular complexity index is 391. The topological polar surface area (TPSA) is 29.5 Å². The van der Waals surface area contributed by atoms with Crippen molar-refractivity contribution in [3.05, 3.63) is 33.8 Å². The van der Waals surface area contributed by atoms with E-state index in [9.17, 15) is 5.11 Å². The van der Waals surface area contributed by atoms with Gasteiger partial charge in [0.1, 0.15) is 6.10 Å². The largest absolute Gasteiger partial charge is 0.412 e. The van der Waals surface area contributed by atoms with E-state index in [4.69, 9.17) is 27.6 Å². The monoisotopic (exact) mass is 292 g/mol. The van der Waals surface area contributed by atoms with Crippen LogP contribution in [0, 0.1) is 0 Å². The predicted molar refractivity (Wildman–Crippen MR) is 75.3 cm³/mol. The van der Waals surface area contributed by atoms with E-state index in [1.165, 1.54) is 0 Å². The summed E-state index contributed by atoms with van der Waals surface area (Å²) >= 11 is 12.0. The summed E-state index contributed by atoms with van der Waals surface area (Å²) in [6, 6.07) is 5.24. The molecule has 1 N–H and O–H groups in total. The van der Waals surface area contributed by atoms with Gasteiger partial charge < -0.3 is 9.53 Å². The van der Waals surface area contributed by atoms with Crippen LogP contribution in [-0.4, -0.2) is 19.5 Å². The first-order valence-electron chi connectivity index (χ1n) is 5.52. The van der Waals surface area contributed by atoms with Crippen molar-refractivity contribution in [1.82, 2.24) is 0 Å². The normalized spacial score (nSPS) is 15.7. The van der Waals surface area contributed by atoms with Gasteiger partial charge in [0.25, 0.3) is 0 Å². The lowest BCUT2D eigenvalue weighted by molar-refractivity contribution is 0.0421. The Morgan fingerprint density at radius 2 is 1.82 bits per heavy atom. The third kappa shape index (κ3) is 4.27. The van der Waals surface area contributed by atoms with Crippen LogP contribution in [0.3, 0.4) is 0 Å². The van der Waals surface area contributed by atoms with Gasteiger partial charge in [0.2, 0.25) is 0 Å². The molecule has 1 aromatic carbocycles. The van der Waals surface area contributed by atoms with Gasteiger partial charge in [-0.05, 0) is 32.6 Å². The van der Waals surface area contributed by atoms with Gasteiger partial charge in [-0.25, -0.2) is 0 Å². The number of aliphatic hydroxyl groups excluding tert-OH is 1. The first-order chi connectivity index (χ1) is 7.72. The predicted octanol–water partition coefficient (Wildman–Crippen LogP) is 4.27. The molecule has 1 aromatic rings. The third-order valence-electron chi connectivity index (χ3n) is 2.28. The summed E-state index contributed by atoms with van der Waals surface area (Å²) in [4.78, 5) is 0. The fourth-order valence-corrected chi connectivity index (χ4v) is 3.29. The molecular weight excluding hydrogens is 275 g/mol. The van der Waals surface area contributed by atoms with E-state index in [0.29, 0.717) is 15.6 Å². The highest BCUT2D eigenvalue weighted by Crippen LogP contribution is 2.32. The van der Waals surface area contributed by atoms with Crippen LogP contribution in [0.5, 0.6) is 0 Å². The molecule has 2 nitrogen and oxygen atoms in total. The smallest absolute Gasteiger partial charge is 0.184 e. The van der Waals surface area contributed by atoms with Crippen LogP contribution in [0.1, 0.15) is 18.6 Å². The Morgan fingerprint density at radius 3 is 2.35 bits per heavy atom. The molecule has 17 heavy (non-hydrogen) atoms. The van der Waals surface area contributed by atoms with E-state index >= 15 is 0 Å². The second-order valence-corrected chi connectivity index (χ2v) is 10.3. The van der Waals surface area contributed by atoms with Crippen LogP contribution >= 0.6 is 23.2 Å². The van der Waals surface area contributed by atoms with Crippen LogP contribution in [0.2, 0.25) is 29.7 Å². The maximum absolute atomic E-state index is 10.2. The maximum Gasteiger partial charge on any atom is 0.184 e. The minimum absolute atomic E-state index is 0.294. The van der Waals surface area contributed by atoms with Crippen molar-refractivity contribution in [2.75, 3.05) is 0 Å². The number of halogens is 2. The Morgan fingerprint density at radius 1 is 1.24 bits per heavy atom. The Balaban J connectivity index is 2.89. The van der Waals surface area contributed by atoms with Gasteiger partial charge in [0.05, 0.1) is 16.1 Å². The van der Waals surface area contributed by atoms with Crippen molar-refractivity contribution < 1.29 is 9.53 Å². The SMILES string of the molecule is CC(O[Si](C)(C)C)[C@@H](O)c1cccc(Cl)c1Cl. The lowest BCUT2D eigenvalue weighted by Gasteiger charge is -2.27. The van der Waals surface area contributed by atoms with Gasteiger partial charge in [-0.2, -0.15) is 0 Å². The molecule has 0 radical (unpaired) electrons. The van der Waals surface area contributed by atoms with Crippen LogP contribution in [-0.2, 0) is 4.43 Å². The summed E-state index contributed by atoms with van der Waals surface area (Å²) in [5.41, 5.74) is 0.616. The van der Waals surface area contributed by atoms with Gasteiger partial charge in [-0.15, -0.1) is 0 Å². The summed E-state index contributed by atoms with van der Waals surface area (Å²) in [5, 5.41) is 11.1. The standard InChI is InChI=1S/C12H18Cl2O2Si/c1-8(16-17(2,3)4)12(15)9-6-5-7-10(13)11(9)14/h5-8,12,15H,1-4H3/t8?,12-/m1/s1. The zero-order valence-electron chi connectivity index (χ0n) is 10.5. The van der Waals surface area contributed by atoms with E-state index in [2.05, 4.69) is 19.6 Å². The van der Waals surface area contributed by atoms with E-state index in [1.54, 1.807) is 18.2 Å². The number of benzene rings is 1. The quantitative estimate of drug-likeness (QED) is 0.840. The van der Waals surface area contributed by atoms with E-state index in [-0.39, 0.29) is 6.10 Å². The zero-order chi connectivity index (χ0) is 13.2. The lowest BCUT2D eigenvalue weighted by Crippen LogP contribution is -2.33. The van der Waals surface area contributed by atoms with Gasteiger partial charge in [-0.1, -0.05) is 35.3 Å². The fraction of sp³-hybridized carbons (Fsp3) is 0.500. The Labute approximate surface area is 114 Å². The second kappa shape index (κ2) is 5.72. The van der Waals surface area contributed by atoms with Crippen molar-refractivity contribution in [2.45, 2.75) is 38.8 Å². The molecule has 96 valence electrons. The summed E-state index contributed by atoms with van der Waals surface area (Å²) in [5.74, 6) is 0. The molecule has 0 aromatic heterocycles. The molecule has 1 rings (SSSR count). The number of hydrogen-bond acceptors (Lipinski definition) is 2. The number of rotatable bonds is 4. The first-order valence-corrected chi connectivity index (χ1v) is 9.68. The number of aliphatic hydroxyl groups is 1. The minimum atomic E-state index is -1.68. The molecular formula is C12H18Cl2O2Si. The molecule has 0 aliphatic rings. The molecule has 5 heteroatoms. The highest BCUT2D eigenvalue weighted by molar-refractivity contribution is 6.69. The van der Waals surface area contributed by atoms with Gasteiger partial charge in [0, 0.05) is 5.56 Å². The summed E-state index contributed by atoms with van der Waals surface area (Å²) in [7, 11) is -1.68. The van der Waals surface area contributed by atoms with Gasteiger partial charge in [0.15, 0.2) is 8.32 Å². The van der Waals surface area contributed by atoms with E-state index in [0.717, 1.165) is 0 Å². The molecule has 0 saturated heterocycles. The highest BCUT2D eigenvalue weighted by atomic mass is 35.5. The zero-order valence-corrected chi connectivity index (χ0v) is 13.0.